The van der Waals surface area contributed by atoms with Gasteiger partial charge in [-0.3, -0.25) is 25.2 Å². The number of hydrogen-bond donors (Lipinski definition) is 0. The molecule has 0 atom stereocenters. The summed E-state index contributed by atoms with van der Waals surface area (Å²) in [5, 5.41) is 22.0. The third-order valence-electron chi connectivity index (χ3n) is 3.20. The minimum Gasteiger partial charge on any atom is -0.454 e. The minimum absolute atomic E-state index is 0.0174. The van der Waals surface area contributed by atoms with Crippen LogP contribution in [-0.2, 0) is 0 Å². The monoisotopic (exact) mass is 349 g/mol. The van der Waals surface area contributed by atoms with Crippen LogP contribution in [0.2, 0.25) is 5.02 Å². The highest BCUT2D eigenvalue weighted by molar-refractivity contribution is 6.32. The number of hydrogen-bond acceptors (Lipinski definition) is 7. The largest absolute Gasteiger partial charge is 0.454 e. The van der Waals surface area contributed by atoms with Crippen LogP contribution in [-0.4, -0.2) is 22.9 Å². The Balaban J connectivity index is 1.99. The van der Waals surface area contributed by atoms with E-state index >= 15 is 0 Å². The molecular formula is C14H8ClN3O6. The highest BCUT2D eigenvalue weighted by atomic mass is 35.5. The molecule has 0 spiro atoms. The number of halogens is 1. The standard InChI is InChI=1S/C14H8ClN3O6/c15-10-2-1-9(4-12(10)18(21)22)16-6-8-3-13-14(24-7-23-13)5-11(8)17(19)20/h1-6H,7H2. The summed E-state index contributed by atoms with van der Waals surface area (Å²) < 4.78 is 10.3. The fraction of sp³-hybridized carbons (Fsp3) is 0.0714. The number of nitro groups is 2. The Morgan fingerprint density at radius 2 is 1.71 bits per heavy atom. The van der Waals surface area contributed by atoms with Crippen LogP contribution < -0.4 is 9.47 Å². The molecule has 0 saturated carbocycles. The number of benzene rings is 2. The van der Waals surface area contributed by atoms with Gasteiger partial charge in [0.1, 0.15) is 5.02 Å². The predicted molar refractivity (Wildman–Crippen MR) is 84.6 cm³/mol. The summed E-state index contributed by atoms with van der Waals surface area (Å²) in [4.78, 5) is 24.9. The first-order valence-electron chi connectivity index (χ1n) is 6.52. The van der Waals surface area contributed by atoms with Gasteiger partial charge in [-0.05, 0) is 18.2 Å². The molecule has 1 aliphatic rings. The van der Waals surface area contributed by atoms with Gasteiger partial charge in [-0.2, -0.15) is 0 Å². The molecule has 0 saturated heterocycles. The van der Waals surface area contributed by atoms with Crippen LogP contribution in [0, 0.1) is 20.2 Å². The van der Waals surface area contributed by atoms with Gasteiger partial charge in [-0.25, -0.2) is 0 Å². The SMILES string of the molecule is O=[N+]([O-])c1cc(N=Cc2cc3c(cc2[N+](=O)[O-])OCO3)ccc1Cl. The first-order valence-corrected chi connectivity index (χ1v) is 6.89. The highest BCUT2D eigenvalue weighted by Crippen LogP contribution is 2.37. The fourth-order valence-corrected chi connectivity index (χ4v) is 2.26. The molecule has 10 heteroatoms. The van der Waals surface area contributed by atoms with Crippen LogP contribution in [0.4, 0.5) is 17.1 Å². The van der Waals surface area contributed by atoms with Crippen LogP contribution in [0.5, 0.6) is 11.5 Å². The maximum absolute atomic E-state index is 11.2. The molecule has 0 aliphatic carbocycles. The Labute approximate surface area is 139 Å². The van der Waals surface area contributed by atoms with E-state index in [4.69, 9.17) is 21.1 Å². The van der Waals surface area contributed by atoms with Crippen LogP contribution in [0.15, 0.2) is 35.3 Å². The Bertz CT molecular complexity index is 883. The maximum Gasteiger partial charge on any atom is 0.290 e. The summed E-state index contributed by atoms with van der Waals surface area (Å²) in [6, 6.07) is 6.64. The first-order chi connectivity index (χ1) is 11.5. The van der Waals surface area contributed by atoms with Crippen LogP contribution in [0.25, 0.3) is 0 Å². The molecule has 0 fully saturated rings. The highest BCUT2D eigenvalue weighted by Gasteiger charge is 2.22. The van der Waals surface area contributed by atoms with Crippen LogP contribution in [0.1, 0.15) is 5.56 Å². The second-order valence-electron chi connectivity index (χ2n) is 4.67. The van der Waals surface area contributed by atoms with Gasteiger partial charge in [-0.1, -0.05) is 11.6 Å². The molecule has 0 bridgehead atoms. The summed E-state index contributed by atoms with van der Waals surface area (Å²) >= 11 is 5.73. The van der Waals surface area contributed by atoms with Gasteiger partial charge in [0.25, 0.3) is 11.4 Å². The van der Waals surface area contributed by atoms with Crippen molar-refractivity contribution in [3.63, 3.8) is 0 Å². The van der Waals surface area contributed by atoms with Gasteiger partial charge in [0.05, 0.1) is 27.2 Å². The smallest absolute Gasteiger partial charge is 0.290 e. The maximum atomic E-state index is 11.2. The summed E-state index contributed by atoms with van der Waals surface area (Å²) in [7, 11) is 0. The lowest BCUT2D eigenvalue weighted by molar-refractivity contribution is -0.385. The average Bonchev–Trinajstić information content (AvgIpc) is 3.00. The molecule has 3 rings (SSSR count). The molecule has 0 radical (unpaired) electrons. The van der Waals surface area contributed by atoms with Crippen molar-refractivity contribution in [2.24, 2.45) is 4.99 Å². The quantitative estimate of drug-likeness (QED) is 0.472. The van der Waals surface area contributed by atoms with Gasteiger partial charge in [0.15, 0.2) is 11.5 Å². The van der Waals surface area contributed by atoms with E-state index in [1.807, 2.05) is 0 Å². The van der Waals surface area contributed by atoms with Crippen molar-refractivity contribution < 1.29 is 19.3 Å². The Morgan fingerprint density at radius 1 is 1.04 bits per heavy atom. The van der Waals surface area contributed by atoms with Crippen molar-refractivity contribution in [3.05, 3.63) is 61.1 Å². The summed E-state index contributed by atoms with van der Waals surface area (Å²) in [6.45, 7) is -0.0174. The zero-order valence-electron chi connectivity index (χ0n) is 11.8. The van der Waals surface area contributed by atoms with Crippen molar-refractivity contribution in [2.75, 3.05) is 6.79 Å². The molecule has 24 heavy (non-hydrogen) atoms. The molecule has 0 N–H and O–H groups in total. The minimum atomic E-state index is -0.635. The topological polar surface area (TPSA) is 117 Å². The van der Waals surface area contributed by atoms with E-state index in [2.05, 4.69) is 4.99 Å². The number of rotatable bonds is 4. The van der Waals surface area contributed by atoms with Crippen molar-refractivity contribution in [1.82, 2.24) is 0 Å². The number of nitrogens with zero attached hydrogens (tertiary/aromatic N) is 3. The molecule has 1 aliphatic heterocycles. The lowest BCUT2D eigenvalue weighted by atomic mass is 10.1. The predicted octanol–water partition coefficient (Wildman–Crippen LogP) is 3.64. The van der Waals surface area contributed by atoms with E-state index in [0.29, 0.717) is 5.75 Å². The van der Waals surface area contributed by atoms with Gasteiger partial charge in [0.2, 0.25) is 6.79 Å². The second kappa shape index (κ2) is 6.13. The van der Waals surface area contributed by atoms with Gasteiger partial charge in [-0.15, -0.1) is 0 Å². The Hall–Kier alpha value is -3.20. The van der Waals surface area contributed by atoms with Gasteiger partial charge in [0, 0.05) is 12.3 Å². The summed E-state index contributed by atoms with van der Waals surface area (Å²) in [5.41, 5.74) is -0.0992. The van der Waals surface area contributed by atoms with Crippen molar-refractivity contribution in [1.29, 1.82) is 0 Å². The molecule has 0 unspecified atom stereocenters. The Kier molecular flexibility index (Phi) is 4.00. The summed E-state index contributed by atoms with van der Waals surface area (Å²) in [6.07, 6.45) is 1.23. The van der Waals surface area contributed by atoms with E-state index in [1.54, 1.807) is 0 Å². The van der Waals surface area contributed by atoms with Gasteiger partial charge < -0.3 is 9.47 Å². The van der Waals surface area contributed by atoms with E-state index in [9.17, 15) is 20.2 Å². The lowest BCUT2D eigenvalue weighted by Crippen LogP contribution is -1.95. The number of aliphatic imine (C=N–C) groups is 1. The van der Waals surface area contributed by atoms with Crippen molar-refractivity contribution in [3.8, 4) is 11.5 Å². The zero-order chi connectivity index (χ0) is 17.3. The van der Waals surface area contributed by atoms with Gasteiger partial charge >= 0.3 is 0 Å². The molecule has 2 aromatic carbocycles. The second-order valence-corrected chi connectivity index (χ2v) is 5.08. The zero-order valence-corrected chi connectivity index (χ0v) is 12.6. The molecule has 2 aromatic rings. The molecule has 0 amide bonds. The van der Waals surface area contributed by atoms with E-state index in [1.165, 1.54) is 36.5 Å². The number of ether oxygens (including phenoxy) is 2. The summed E-state index contributed by atoms with van der Waals surface area (Å²) in [5.74, 6) is 0.644. The van der Waals surface area contributed by atoms with E-state index in [0.717, 1.165) is 0 Å². The van der Waals surface area contributed by atoms with Crippen molar-refractivity contribution >= 4 is 34.9 Å². The third-order valence-corrected chi connectivity index (χ3v) is 3.52. The number of nitro benzene ring substituents is 2. The molecule has 9 nitrogen and oxygen atoms in total. The first kappa shape index (κ1) is 15.7. The van der Waals surface area contributed by atoms with E-state index in [-0.39, 0.29) is 40.2 Å². The van der Waals surface area contributed by atoms with Crippen molar-refractivity contribution in [2.45, 2.75) is 0 Å². The Morgan fingerprint density at radius 3 is 2.38 bits per heavy atom. The molecular weight excluding hydrogens is 342 g/mol. The van der Waals surface area contributed by atoms with Crippen LogP contribution in [0.3, 0.4) is 0 Å². The normalized spacial score (nSPS) is 12.5. The molecule has 1 heterocycles. The fourth-order valence-electron chi connectivity index (χ4n) is 2.07. The molecule has 0 aromatic heterocycles. The van der Waals surface area contributed by atoms with E-state index < -0.39 is 9.85 Å². The third kappa shape index (κ3) is 2.97. The lowest BCUT2D eigenvalue weighted by Gasteiger charge is -2.01. The van der Waals surface area contributed by atoms with Crippen LogP contribution >= 0.6 is 11.6 Å². The average molecular weight is 350 g/mol. The number of fused-ring (bicyclic) bond motifs is 1. The molecule has 122 valence electrons.